The number of nitrogens with one attached hydrogen (secondary N) is 1. The van der Waals surface area contributed by atoms with E-state index in [1.165, 1.54) is 11.1 Å². The van der Waals surface area contributed by atoms with Gasteiger partial charge in [0.1, 0.15) is 0 Å². The first kappa shape index (κ1) is 23.8. The third-order valence-electron chi connectivity index (χ3n) is 5.94. The van der Waals surface area contributed by atoms with Gasteiger partial charge in [-0.1, -0.05) is 29.4 Å². The molecule has 0 bridgehead atoms. The van der Waals surface area contributed by atoms with Gasteiger partial charge in [-0.15, -0.1) is 0 Å². The van der Waals surface area contributed by atoms with E-state index in [-0.39, 0.29) is 11.9 Å². The molecule has 1 aromatic heterocycles. The topological polar surface area (TPSA) is 89.7 Å². The summed E-state index contributed by atoms with van der Waals surface area (Å²) in [5, 5.41) is 7.65. The zero-order valence-corrected chi connectivity index (χ0v) is 20.3. The summed E-state index contributed by atoms with van der Waals surface area (Å²) >= 11 is 0. The molecule has 8 heteroatoms. The highest BCUT2D eigenvalue weighted by molar-refractivity contribution is 5.77. The summed E-state index contributed by atoms with van der Waals surface area (Å²) in [6, 6.07) is 12.2. The summed E-state index contributed by atoms with van der Waals surface area (Å²) in [5.41, 5.74) is 4.40. The number of benzene rings is 2. The fourth-order valence-corrected chi connectivity index (χ4v) is 4.26. The van der Waals surface area contributed by atoms with E-state index in [4.69, 9.17) is 14.0 Å². The number of carbonyl (C=O) groups excluding carboxylic acids is 1. The second-order valence-corrected chi connectivity index (χ2v) is 8.47. The van der Waals surface area contributed by atoms with Gasteiger partial charge in [0.2, 0.25) is 17.6 Å². The van der Waals surface area contributed by atoms with Crippen LogP contribution in [0.4, 0.5) is 0 Å². The Hall–Kier alpha value is -3.39. The number of amides is 1. The standard InChI is InChI=1S/C26H32N4O4/c1-5-32-22-13-10-17(14-23(22)33-6-2)15-24-28-26(29-34-24)20-9-7-8-19-18(20)11-12-21(19)27-16-25(31)30(3)4/h7-10,13-14,21,27H,5-6,11-12,15-16H2,1-4H3/t21-/m0/s1. The number of hydrogen-bond donors (Lipinski definition) is 1. The van der Waals surface area contributed by atoms with E-state index in [0.717, 1.165) is 29.7 Å². The second-order valence-electron chi connectivity index (χ2n) is 8.47. The van der Waals surface area contributed by atoms with Crippen molar-refractivity contribution in [3.05, 3.63) is 59.0 Å². The van der Waals surface area contributed by atoms with E-state index in [0.29, 0.717) is 43.6 Å². The maximum absolute atomic E-state index is 12.0. The molecule has 4 rings (SSSR count). The summed E-state index contributed by atoms with van der Waals surface area (Å²) in [6.07, 6.45) is 2.34. The summed E-state index contributed by atoms with van der Waals surface area (Å²) in [5.74, 6) is 2.65. The van der Waals surface area contributed by atoms with Crippen LogP contribution in [0.25, 0.3) is 11.4 Å². The van der Waals surface area contributed by atoms with Crippen LogP contribution in [0.15, 0.2) is 40.9 Å². The Balaban J connectivity index is 1.50. The fourth-order valence-electron chi connectivity index (χ4n) is 4.26. The Morgan fingerprint density at radius 2 is 1.94 bits per heavy atom. The Morgan fingerprint density at radius 3 is 2.71 bits per heavy atom. The van der Waals surface area contributed by atoms with Crippen LogP contribution in [0.3, 0.4) is 0 Å². The maximum Gasteiger partial charge on any atom is 0.236 e. The molecule has 0 saturated heterocycles. The quantitative estimate of drug-likeness (QED) is 0.488. The van der Waals surface area contributed by atoms with Crippen molar-refractivity contribution in [2.75, 3.05) is 33.9 Å². The first-order valence-corrected chi connectivity index (χ1v) is 11.8. The van der Waals surface area contributed by atoms with Crippen molar-refractivity contribution in [3.63, 3.8) is 0 Å². The fraction of sp³-hybridized carbons (Fsp3) is 0.423. The van der Waals surface area contributed by atoms with Crippen LogP contribution in [0, 0.1) is 0 Å². The van der Waals surface area contributed by atoms with Crippen LogP contribution < -0.4 is 14.8 Å². The van der Waals surface area contributed by atoms with Crippen molar-refractivity contribution < 1.29 is 18.8 Å². The smallest absolute Gasteiger partial charge is 0.236 e. The van der Waals surface area contributed by atoms with Gasteiger partial charge in [-0.25, -0.2) is 0 Å². The van der Waals surface area contributed by atoms with Crippen LogP contribution in [0.2, 0.25) is 0 Å². The van der Waals surface area contributed by atoms with Crippen LogP contribution in [-0.4, -0.2) is 54.8 Å². The minimum atomic E-state index is 0.0641. The molecule has 180 valence electrons. The van der Waals surface area contributed by atoms with Gasteiger partial charge >= 0.3 is 0 Å². The predicted octanol–water partition coefficient (Wildman–Crippen LogP) is 3.79. The molecule has 34 heavy (non-hydrogen) atoms. The molecule has 0 spiro atoms. The minimum Gasteiger partial charge on any atom is -0.490 e. The van der Waals surface area contributed by atoms with E-state index in [2.05, 4.69) is 21.5 Å². The van der Waals surface area contributed by atoms with Gasteiger partial charge in [0.05, 0.1) is 26.2 Å². The average Bonchev–Trinajstić information content (AvgIpc) is 3.46. The van der Waals surface area contributed by atoms with E-state index >= 15 is 0 Å². The van der Waals surface area contributed by atoms with Crippen molar-refractivity contribution in [3.8, 4) is 22.9 Å². The highest BCUT2D eigenvalue weighted by atomic mass is 16.5. The molecule has 3 aromatic rings. The number of likely N-dealkylation sites (N-methyl/N-ethyl adjacent to an activating group) is 1. The molecule has 1 atom stereocenters. The molecule has 2 aromatic carbocycles. The van der Waals surface area contributed by atoms with Crippen molar-refractivity contribution >= 4 is 5.91 Å². The molecule has 0 aliphatic heterocycles. The Bertz CT molecular complexity index is 1140. The highest BCUT2D eigenvalue weighted by Gasteiger charge is 2.26. The van der Waals surface area contributed by atoms with Crippen molar-refractivity contribution in [1.29, 1.82) is 0 Å². The number of ether oxygens (including phenoxy) is 2. The largest absolute Gasteiger partial charge is 0.490 e. The lowest BCUT2D eigenvalue weighted by Crippen LogP contribution is -2.34. The molecular weight excluding hydrogens is 432 g/mol. The van der Waals surface area contributed by atoms with Gasteiger partial charge in [-0.3, -0.25) is 4.79 Å². The number of rotatable bonds is 10. The first-order valence-electron chi connectivity index (χ1n) is 11.8. The third-order valence-corrected chi connectivity index (χ3v) is 5.94. The summed E-state index contributed by atoms with van der Waals surface area (Å²) < 4.78 is 17.0. The number of carbonyl (C=O) groups is 1. The van der Waals surface area contributed by atoms with Crippen LogP contribution >= 0.6 is 0 Å². The molecule has 0 radical (unpaired) electrons. The number of hydrogen-bond acceptors (Lipinski definition) is 7. The molecule has 0 unspecified atom stereocenters. The lowest BCUT2D eigenvalue weighted by Gasteiger charge is -2.16. The molecular formula is C26H32N4O4. The predicted molar refractivity (Wildman–Crippen MR) is 129 cm³/mol. The Morgan fingerprint density at radius 1 is 1.15 bits per heavy atom. The molecule has 1 heterocycles. The lowest BCUT2D eigenvalue weighted by molar-refractivity contribution is -0.127. The van der Waals surface area contributed by atoms with Gasteiger partial charge in [0, 0.05) is 25.7 Å². The molecule has 0 saturated carbocycles. The Kier molecular flexibility index (Phi) is 7.47. The maximum atomic E-state index is 12.0. The zero-order valence-electron chi connectivity index (χ0n) is 20.3. The third kappa shape index (κ3) is 5.22. The molecule has 1 amide bonds. The number of aromatic nitrogens is 2. The zero-order chi connectivity index (χ0) is 24.1. The van der Waals surface area contributed by atoms with E-state index < -0.39 is 0 Å². The minimum absolute atomic E-state index is 0.0641. The number of nitrogens with zero attached hydrogens (tertiary/aromatic N) is 3. The van der Waals surface area contributed by atoms with Crippen molar-refractivity contribution in [1.82, 2.24) is 20.4 Å². The molecule has 1 aliphatic carbocycles. The van der Waals surface area contributed by atoms with Crippen molar-refractivity contribution in [2.45, 2.75) is 39.2 Å². The second kappa shape index (κ2) is 10.7. The van der Waals surface area contributed by atoms with E-state index in [1.807, 2.05) is 44.2 Å². The summed E-state index contributed by atoms with van der Waals surface area (Å²) in [6.45, 7) is 5.36. The van der Waals surface area contributed by atoms with Crippen LogP contribution in [-0.2, 0) is 17.6 Å². The van der Waals surface area contributed by atoms with Gasteiger partial charge in [-0.2, -0.15) is 4.98 Å². The lowest BCUT2D eigenvalue weighted by atomic mass is 10.0. The SMILES string of the molecule is CCOc1ccc(Cc2nc(-c3cccc4c3CC[C@@H]4NCC(=O)N(C)C)no2)cc1OCC. The van der Waals surface area contributed by atoms with Gasteiger partial charge in [-0.05, 0) is 55.5 Å². The van der Waals surface area contributed by atoms with Gasteiger partial charge in [0.25, 0.3) is 0 Å². The highest BCUT2D eigenvalue weighted by Crippen LogP contribution is 2.37. The van der Waals surface area contributed by atoms with Gasteiger partial charge < -0.3 is 24.2 Å². The summed E-state index contributed by atoms with van der Waals surface area (Å²) in [4.78, 5) is 18.3. The number of fused-ring (bicyclic) bond motifs is 1. The van der Waals surface area contributed by atoms with Crippen LogP contribution in [0.5, 0.6) is 11.5 Å². The average molecular weight is 465 g/mol. The monoisotopic (exact) mass is 464 g/mol. The van der Waals surface area contributed by atoms with E-state index in [1.54, 1.807) is 19.0 Å². The van der Waals surface area contributed by atoms with Crippen molar-refractivity contribution in [2.24, 2.45) is 0 Å². The molecule has 8 nitrogen and oxygen atoms in total. The van der Waals surface area contributed by atoms with Crippen LogP contribution in [0.1, 0.15) is 48.9 Å². The molecule has 1 N–H and O–H groups in total. The molecule has 0 fully saturated rings. The van der Waals surface area contributed by atoms with E-state index in [9.17, 15) is 4.79 Å². The first-order chi connectivity index (χ1) is 16.5. The summed E-state index contributed by atoms with van der Waals surface area (Å²) in [7, 11) is 3.53. The van der Waals surface area contributed by atoms with Gasteiger partial charge in [0.15, 0.2) is 11.5 Å². The Labute approximate surface area is 200 Å². The molecule has 1 aliphatic rings. The normalized spacial score (nSPS) is 14.6.